The molecule has 1 aromatic rings. The van der Waals surface area contributed by atoms with Crippen LogP contribution in [-0.4, -0.2) is 38.2 Å². The lowest BCUT2D eigenvalue weighted by Gasteiger charge is -2.41. The summed E-state index contributed by atoms with van der Waals surface area (Å²) in [5.74, 6) is 0.709. The molecule has 1 saturated heterocycles. The molecule has 0 bridgehead atoms. The molecular formula is C19H28ClF3N2O. The predicted molar refractivity (Wildman–Crippen MR) is 99.0 cm³/mol. The third-order valence-electron chi connectivity index (χ3n) is 5.47. The van der Waals surface area contributed by atoms with E-state index >= 15 is 0 Å². The number of hydrogen-bond acceptors (Lipinski definition) is 3. The first kappa shape index (κ1) is 21.3. The van der Waals surface area contributed by atoms with Gasteiger partial charge >= 0.3 is 6.18 Å². The Labute approximate surface area is 159 Å². The summed E-state index contributed by atoms with van der Waals surface area (Å²) < 4.78 is 45.2. The minimum absolute atomic E-state index is 0. The van der Waals surface area contributed by atoms with Crippen LogP contribution in [-0.2, 0) is 6.18 Å². The number of methoxy groups -OCH3 is 1. The van der Waals surface area contributed by atoms with Crippen molar-refractivity contribution in [3.05, 3.63) is 29.3 Å². The topological polar surface area (TPSA) is 24.5 Å². The molecule has 0 unspecified atom stereocenters. The lowest BCUT2D eigenvalue weighted by molar-refractivity contribution is -0.137. The van der Waals surface area contributed by atoms with Gasteiger partial charge in [0.2, 0.25) is 0 Å². The fourth-order valence-electron chi connectivity index (χ4n) is 4.27. The van der Waals surface area contributed by atoms with E-state index in [1.54, 1.807) is 6.07 Å². The lowest BCUT2D eigenvalue weighted by atomic mass is 9.79. The van der Waals surface area contributed by atoms with Gasteiger partial charge in [0.25, 0.3) is 0 Å². The van der Waals surface area contributed by atoms with Gasteiger partial charge in [-0.1, -0.05) is 19.3 Å². The molecule has 0 aromatic heterocycles. The molecule has 3 nitrogen and oxygen atoms in total. The van der Waals surface area contributed by atoms with E-state index in [0.717, 1.165) is 50.7 Å². The second kappa shape index (κ2) is 9.29. The Morgan fingerprint density at radius 1 is 1.08 bits per heavy atom. The molecule has 1 atom stereocenters. The number of hydrogen-bond donors (Lipinski definition) is 1. The molecule has 1 N–H and O–H groups in total. The fraction of sp³-hybridized carbons (Fsp3) is 0.684. The van der Waals surface area contributed by atoms with Crippen molar-refractivity contribution in [2.75, 3.05) is 33.3 Å². The van der Waals surface area contributed by atoms with E-state index in [0.29, 0.717) is 11.7 Å². The molecule has 1 aliphatic carbocycles. The van der Waals surface area contributed by atoms with Crippen LogP contribution in [0.2, 0.25) is 0 Å². The third kappa shape index (κ3) is 5.05. The summed E-state index contributed by atoms with van der Waals surface area (Å²) in [5, 5.41) is 3.34. The van der Waals surface area contributed by atoms with Crippen molar-refractivity contribution >= 4 is 12.4 Å². The lowest BCUT2D eigenvalue weighted by Crippen LogP contribution is -2.47. The Hall–Kier alpha value is -0.980. The molecule has 3 rings (SSSR count). The molecule has 1 heterocycles. The largest absolute Gasteiger partial charge is 0.497 e. The Bertz CT molecular complexity index is 552. The van der Waals surface area contributed by atoms with Crippen LogP contribution >= 0.6 is 12.4 Å². The monoisotopic (exact) mass is 392 g/mol. The summed E-state index contributed by atoms with van der Waals surface area (Å²) in [5.41, 5.74) is 0.137. The number of rotatable bonds is 4. The molecule has 2 fully saturated rings. The van der Waals surface area contributed by atoms with Gasteiger partial charge in [-0.05, 0) is 42.5 Å². The number of benzene rings is 1. The van der Waals surface area contributed by atoms with Crippen LogP contribution in [0.1, 0.15) is 49.3 Å². The van der Waals surface area contributed by atoms with Gasteiger partial charge in [-0.25, -0.2) is 0 Å². The number of piperazine rings is 1. The van der Waals surface area contributed by atoms with Crippen molar-refractivity contribution < 1.29 is 17.9 Å². The minimum Gasteiger partial charge on any atom is -0.497 e. The Balaban J connectivity index is 0.00000243. The maximum atomic E-state index is 13.4. The first-order valence-electron chi connectivity index (χ1n) is 9.20. The van der Waals surface area contributed by atoms with Gasteiger partial charge in [-0.3, -0.25) is 4.90 Å². The van der Waals surface area contributed by atoms with Gasteiger partial charge in [0, 0.05) is 32.2 Å². The predicted octanol–water partition coefficient (Wildman–Crippen LogP) is 4.66. The molecule has 1 aliphatic heterocycles. The van der Waals surface area contributed by atoms with Crippen LogP contribution in [0.5, 0.6) is 5.75 Å². The number of nitrogens with zero attached hydrogens (tertiary/aromatic N) is 1. The molecular weight excluding hydrogens is 365 g/mol. The average Bonchev–Trinajstić information content (AvgIpc) is 2.63. The summed E-state index contributed by atoms with van der Waals surface area (Å²) in [6.07, 6.45) is 1.40. The van der Waals surface area contributed by atoms with Gasteiger partial charge in [0.05, 0.1) is 12.7 Å². The van der Waals surface area contributed by atoms with Crippen molar-refractivity contribution in [3.8, 4) is 5.75 Å². The van der Waals surface area contributed by atoms with E-state index in [9.17, 15) is 13.2 Å². The maximum absolute atomic E-state index is 13.4. The van der Waals surface area contributed by atoms with Crippen molar-refractivity contribution in [1.82, 2.24) is 10.2 Å². The summed E-state index contributed by atoms with van der Waals surface area (Å²) in [6.45, 7) is 3.53. The molecule has 0 spiro atoms. The number of alkyl halides is 3. The zero-order valence-corrected chi connectivity index (χ0v) is 16.0. The van der Waals surface area contributed by atoms with E-state index in [1.165, 1.54) is 32.4 Å². The van der Waals surface area contributed by atoms with E-state index in [1.807, 2.05) is 0 Å². The van der Waals surface area contributed by atoms with Crippen LogP contribution in [0.3, 0.4) is 0 Å². The quantitative estimate of drug-likeness (QED) is 0.806. The van der Waals surface area contributed by atoms with Crippen LogP contribution in [0.15, 0.2) is 18.2 Å². The molecule has 148 valence electrons. The molecule has 1 saturated carbocycles. The molecule has 1 aromatic carbocycles. The molecule has 0 radical (unpaired) electrons. The van der Waals surface area contributed by atoms with Gasteiger partial charge in [0.1, 0.15) is 5.75 Å². The third-order valence-corrected chi connectivity index (χ3v) is 5.47. The highest BCUT2D eigenvalue weighted by atomic mass is 35.5. The highest BCUT2D eigenvalue weighted by Gasteiger charge is 2.35. The van der Waals surface area contributed by atoms with Crippen LogP contribution in [0, 0.1) is 5.92 Å². The summed E-state index contributed by atoms with van der Waals surface area (Å²) in [7, 11) is 1.43. The van der Waals surface area contributed by atoms with Gasteiger partial charge in [-0.2, -0.15) is 13.2 Å². The van der Waals surface area contributed by atoms with E-state index in [-0.39, 0.29) is 18.4 Å². The van der Waals surface area contributed by atoms with Crippen LogP contribution in [0.4, 0.5) is 13.2 Å². The van der Waals surface area contributed by atoms with Gasteiger partial charge < -0.3 is 10.1 Å². The van der Waals surface area contributed by atoms with Crippen molar-refractivity contribution in [2.45, 2.75) is 44.3 Å². The second-order valence-corrected chi connectivity index (χ2v) is 7.12. The van der Waals surface area contributed by atoms with Crippen molar-refractivity contribution in [1.29, 1.82) is 0 Å². The van der Waals surface area contributed by atoms with Crippen molar-refractivity contribution in [3.63, 3.8) is 0 Å². The number of nitrogens with one attached hydrogen (secondary N) is 1. The minimum atomic E-state index is -4.36. The summed E-state index contributed by atoms with van der Waals surface area (Å²) >= 11 is 0. The Morgan fingerprint density at radius 2 is 1.73 bits per heavy atom. The molecule has 7 heteroatoms. The maximum Gasteiger partial charge on any atom is 0.416 e. The highest BCUT2D eigenvalue weighted by molar-refractivity contribution is 5.85. The average molecular weight is 393 g/mol. The van der Waals surface area contributed by atoms with Gasteiger partial charge in [-0.15, -0.1) is 12.4 Å². The van der Waals surface area contributed by atoms with Crippen LogP contribution in [0.25, 0.3) is 0 Å². The van der Waals surface area contributed by atoms with E-state index in [4.69, 9.17) is 4.74 Å². The van der Waals surface area contributed by atoms with E-state index < -0.39 is 11.7 Å². The number of halogens is 4. The normalized spacial score (nSPS) is 21.1. The highest BCUT2D eigenvalue weighted by Crippen LogP contribution is 2.41. The summed E-state index contributed by atoms with van der Waals surface area (Å²) in [4.78, 5) is 2.36. The zero-order valence-electron chi connectivity index (χ0n) is 15.1. The first-order valence-corrected chi connectivity index (χ1v) is 9.20. The molecule has 0 amide bonds. The molecule has 26 heavy (non-hydrogen) atoms. The van der Waals surface area contributed by atoms with E-state index in [2.05, 4.69) is 10.2 Å². The smallest absolute Gasteiger partial charge is 0.416 e. The zero-order chi connectivity index (χ0) is 17.9. The first-order chi connectivity index (χ1) is 12.0. The van der Waals surface area contributed by atoms with Gasteiger partial charge in [0.15, 0.2) is 0 Å². The number of ether oxygens (including phenoxy) is 1. The Kier molecular flexibility index (Phi) is 7.62. The second-order valence-electron chi connectivity index (χ2n) is 7.12. The Morgan fingerprint density at radius 3 is 2.31 bits per heavy atom. The summed E-state index contributed by atoms with van der Waals surface area (Å²) in [6, 6.07) is 4.28. The molecule has 2 aliphatic rings. The van der Waals surface area contributed by atoms with Crippen LogP contribution < -0.4 is 10.1 Å². The standard InChI is InChI=1S/C19H27F3N2O.ClH/c1-25-17-12-15(11-16(13-17)19(20,21)22)18(14-5-3-2-4-6-14)24-9-7-23-8-10-24;/h11-14,18,23H,2-10H2,1H3;1H/t18-;/m0./s1. The fourth-order valence-corrected chi connectivity index (χ4v) is 4.27. The van der Waals surface area contributed by atoms with Crippen molar-refractivity contribution in [2.24, 2.45) is 5.92 Å². The SMILES string of the molecule is COc1cc([C@H](C2CCCCC2)N2CCNCC2)cc(C(F)(F)F)c1.Cl.